The van der Waals surface area contributed by atoms with Crippen molar-refractivity contribution in [3.63, 3.8) is 0 Å². The Kier molecular flexibility index (Phi) is 5.16. The maximum atomic E-state index is 13.4. The van der Waals surface area contributed by atoms with Crippen LogP contribution in [0.15, 0.2) is 42.5 Å². The zero-order chi connectivity index (χ0) is 19.6. The molecule has 2 N–H and O–H groups in total. The zero-order valence-corrected chi connectivity index (χ0v) is 14.1. The Morgan fingerprint density at radius 3 is 2.52 bits per heavy atom. The Labute approximate surface area is 153 Å². The first-order valence-electron chi connectivity index (χ1n) is 8.22. The normalized spacial score (nSPS) is 16.4. The van der Waals surface area contributed by atoms with E-state index in [1.54, 1.807) is 12.1 Å². The molecule has 0 saturated carbocycles. The summed E-state index contributed by atoms with van der Waals surface area (Å²) in [7, 11) is 0. The molecule has 1 aliphatic rings. The van der Waals surface area contributed by atoms with Gasteiger partial charge in [-0.15, -0.1) is 0 Å². The van der Waals surface area contributed by atoms with Gasteiger partial charge in [0.15, 0.2) is 0 Å². The van der Waals surface area contributed by atoms with Crippen LogP contribution in [0.25, 0.3) is 0 Å². The van der Waals surface area contributed by atoms with Crippen molar-refractivity contribution >= 4 is 23.5 Å². The maximum Gasteiger partial charge on any atom is 0.335 e. The topological polar surface area (TPSA) is 86.7 Å². The summed E-state index contributed by atoms with van der Waals surface area (Å²) in [5.41, 5.74) is 0.748. The molecule has 1 unspecified atom stereocenters. The molecule has 1 aliphatic heterocycles. The summed E-state index contributed by atoms with van der Waals surface area (Å²) in [6, 6.07) is 8.87. The van der Waals surface area contributed by atoms with Crippen LogP contribution < -0.4 is 10.2 Å². The minimum Gasteiger partial charge on any atom is -0.478 e. The van der Waals surface area contributed by atoms with E-state index < -0.39 is 35.3 Å². The van der Waals surface area contributed by atoms with Crippen LogP contribution in [0.4, 0.5) is 14.5 Å². The number of benzene rings is 2. The third-order valence-electron chi connectivity index (χ3n) is 4.32. The van der Waals surface area contributed by atoms with Gasteiger partial charge in [-0.25, -0.2) is 13.6 Å². The van der Waals surface area contributed by atoms with Gasteiger partial charge in [0.05, 0.1) is 5.56 Å². The number of hydrogen-bond acceptors (Lipinski definition) is 3. The van der Waals surface area contributed by atoms with Crippen LogP contribution in [0.3, 0.4) is 0 Å². The predicted octanol–water partition coefficient (Wildman–Crippen LogP) is 2.33. The summed E-state index contributed by atoms with van der Waals surface area (Å²) in [5, 5.41) is 11.6. The minimum atomic E-state index is -1.08. The number of hydrogen-bond donors (Lipinski definition) is 2. The number of anilines is 1. The van der Waals surface area contributed by atoms with Crippen molar-refractivity contribution in [2.45, 2.75) is 13.0 Å². The van der Waals surface area contributed by atoms with Gasteiger partial charge in [-0.05, 0) is 36.2 Å². The second-order valence-electron chi connectivity index (χ2n) is 6.18. The molecule has 2 aromatic rings. The molecule has 0 bridgehead atoms. The van der Waals surface area contributed by atoms with Crippen molar-refractivity contribution < 1.29 is 28.3 Å². The Morgan fingerprint density at radius 1 is 1.15 bits per heavy atom. The molecule has 3 rings (SSSR count). The van der Waals surface area contributed by atoms with Gasteiger partial charge >= 0.3 is 5.97 Å². The number of carboxylic acid groups (broad SMARTS) is 1. The summed E-state index contributed by atoms with van der Waals surface area (Å²) in [5.74, 6) is -4.68. The molecule has 0 aliphatic carbocycles. The Hall–Kier alpha value is -3.29. The Bertz CT molecular complexity index is 896. The van der Waals surface area contributed by atoms with Crippen LogP contribution >= 0.6 is 0 Å². The van der Waals surface area contributed by atoms with Gasteiger partial charge in [0, 0.05) is 24.8 Å². The lowest BCUT2D eigenvalue weighted by molar-refractivity contribution is -0.132. The van der Waals surface area contributed by atoms with E-state index in [2.05, 4.69) is 5.32 Å². The highest BCUT2D eigenvalue weighted by Crippen LogP contribution is 2.27. The van der Waals surface area contributed by atoms with Crippen LogP contribution in [-0.4, -0.2) is 29.4 Å². The molecule has 0 radical (unpaired) electrons. The molecule has 0 aromatic heterocycles. The number of halogens is 2. The quantitative estimate of drug-likeness (QED) is 0.787. The fourth-order valence-corrected chi connectivity index (χ4v) is 3.00. The maximum absolute atomic E-state index is 13.4. The molecular weight excluding hydrogens is 358 g/mol. The van der Waals surface area contributed by atoms with Gasteiger partial charge in [-0.1, -0.05) is 12.1 Å². The fourth-order valence-electron chi connectivity index (χ4n) is 3.00. The van der Waals surface area contributed by atoms with Gasteiger partial charge in [0.2, 0.25) is 11.8 Å². The zero-order valence-electron chi connectivity index (χ0n) is 14.1. The lowest BCUT2D eigenvalue weighted by Crippen LogP contribution is -2.36. The highest BCUT2D eigenvalue weighted by Gasteiger charge is 2.37. The van der Waals surface area contributed by atoms with E-state index in [1.807, 2.05) is 0 Å². The van der Waals surface area contributed by atoms with Crippen LogP contribution in [0.2, 0.25) is 0 Å². The third-order valence-corrected chi connectivity index (χ3v) is 4.32. The highest BCUT2D eigenvalue weighted by atomic mass is 19.1. The number of nitrogens with zero attached hydrogens (tertiary/aromatic N) is 1. The molecule has 1 saturated heterocycles. The molecule has 1 atom stereocenters. The molecule has 1 fully saturated rings. The first-order valence-corrected chi connectivity index (χ1v) is 8.22. The number of carbonyl (C=O) groups is 3. The molecule has 2 amide bonds. The van der Waals surface area contributed by atoms with Crippen molar-refractivity contribution in [1.29, 1.82) is 0 Å². The summed E-state index contributed by atoms with van der Waals surface area (Å²) >= 11 is 0. The van der Waals surface area contributed by atoms with E-state index in [0.29, 0.717) is 11.6 Å². The summed E-state index contributed by atoms with van der Waals surface area (Å²) in [6.45, 7) is 0.243. The number of amides is 2. The average Bonchev–Trinajstić information content (AvgIpc) is 3.00. The van der Waals surface area contributed by atoms with E-state index in [-0.39, 0.29) is 30.8 Å². The first kappa shape index (κ1) is 18.5. The smallest absolute Gasteiger partial charge is 0.335 e. The fraction of sp³-hybridized carbons (Fsp3) is 0.211. The SMILES string of the molecule is O=C(O)c1cccc(CNC(=O)C2CCN(c3cc(F)cc(F)c3)C2=O)c1. The average molecular weight is 374 g/mol. The van der Waals surface area contributed by atoms with Crippen molar-refractivity contribution in [1.82, 2.24) is 5.32 Å². The number of nitrogens with one attached hydrogen (secondary N) is 1. The monoisotopic (exact) mass is 374 g/mol. The second kappa shape index (κ2) is 7.53. The molecular formula is C19H16F2N2O4. The number of carbonyl (C=O) groups excluding carboxylic acids is 2. The van der Waals surface area contributed by atoms with Crippen molar-refractivity contribution in [2.24, 2.45) is 5.92 Å². The van der Waals surface area contributed by atoms with E-state index in [9.17, 15) is 23.2 Å². The van der Waals surface area contributed by atoms with Crippen LogP contribution in [0, 0.1) is 17.6 Å². The van der Waals surface area contributed by atoms with Crippen molar-refractivity contribution in [3.05, 3.63) is 65.2 Å². The standard InChI is InChI=1S/C19H16F2N2O4/c20-13-7-14(21)9-15(8-13)23-5-4-16(18(23)25)17(24)22-10-11-2-1-3-12(6-11)19(26)27/h1-3,6-9,16H,4-5,10H2,(H,22,24)(H,26,27). The van der Waals surface area contributed by atoms with Gasteiger partial charge < -0.3 is 15.3 Å². The summed E-state index contributed by atoms with van der Waals surface area (Å²) in [6.07, 6.45) is 0.220. The van der Waals surface area contributed by atoms with Gasteiger partial charge in [-0.2, -0.15) is 0 Å². The lowest BCUT2D eigenvalue weighted by Gasteiger charge is -2.17. The largest absolute Gasteiger partial charge is 0.478 e. The van der Waals surface area contributed by atoms with Gasteiger partial charge in [-0.3, -0.25) is 9.59 Å². The number of aromatic carboxylic acids is 1. The second-order valence-corrected chi connectivity index (χ2v) is 6.18. The molecule has 140 valence electrons. The molecule has 1 heterocycles. The highest BCUT2D eigenvalue weighted by molar-refractivity contribution is 6.09. The minimum absolute atomic E-state index is 0.0678. The third kappa shape index (κ3) is 4.11. The number of carboxylic acids is 1. The van der Waals surface area contributed by atoms with E-state index >= 15 is 0 Å². The van der Waals surface area contributed by atoms with Crippen LogP contribution in [-0.2, 0) is 16.1 Å². The molecule has 8 heteroatoms. The lowest BCUT2D eigenvalue weighted by atomic mass is 10.1. The van der Waals surface area contributed by atoms with Crippen LogP contribution in [0.5, 0.6) is 0 Å². The molecule has 2 aromatic carbocycles. The van der Waals surface area contributed by atoms with E-state index in [0.717, 1.165) is 12.1 Å². The summed E-state index contributed by atoms with van der Waals surface area (Å²) in [4.78, 5) is 37.0. The van der Waals surface area contributed by atoms with E-state index in [1.165, 1.54) is 17.0 Å². The van der Waals surface area contributed by atoms with Gasteiger partial charge in [0.1, 0.15) is 17.6 Å². The molecule has 27 heavy (non-hydrogen) atoms. The van der Waals surface area contributed by atoms with Gasteiger partial charge in [0.25, 0.3) is 0 Å². The van der Waals surface area contributed by atoms with Crippen molar-refractivity contribution in [2.75, 3.05) is 11.4 Å². The Morgan fingerprint density at radius 2 is 1.85 bits per heavy atom. The predicted molar refractivity (Wildman–Crippen MR) is 92.1 cm³/mol. The van der Waals surface area contributed by atoms with E-state index in [4.69, 9.17) is 5.11 Å². The first-order chi connectivity index (χ1) is 12.8. The molecule has 6 nitrogen and oxygen atoms in total. The summed E-state index contributed by atoms with van der Waals surface area (Å²) < 4.78 is 26.7. The number of rotatable bonds is 5. The van der Waals surface area contributed by atoms with Crippen LogP contribution in [0.1, 0.15) is 22.3 Å². The van der Waals surface area contributed by atoms with Crippen molar-refractivity contribution in [3.8, 4) is 0 Å². The Balaban J connectivity index is 1.65. The molecule has 0 spiro atoms.